The predicted molar refractivity (Wildman–Crippen MR) is 56.4 cm³/mol. The molecule has 0 aromatic heterocycles. The summed E-state index contributed by atoms with van der Waals surface area (Å²) in [5.41, 5.74) is 5.19. The van der Waals surface area contributed by atoms with Gasteiger partial charge in [-0.15, -0.1) is 0 Å². The van der Waals surface area contributed by atoms with E-state index < -0.39 is 11.2 Å². The number of rotatable bonds is 4. The highest BCUT2D eigenvalue weighted by Crippen LogP contribution is 2.25. The van der Waals surface area contributed by atoms with E-state index in [2.05, 4.69) is 5.32 Å². The average molecular weight is 214 g/mol. The van der Waals surface area contributed by atoms with Crippen LogP contribution in [0.4, 0.5) is 8.78 Å². The number of hydrogen-bond donors (Lipinski definition) is 2. The largest absolute Gasteiger partial charge is 0.318 e. The molecule has 0 unspecified atom stereocenters. The molecule has 0 atom stereocenters. The molecule has 0 aliphatic carbocycles. The third-order valence-corrected chi connectivity index (χ3v) is 2.37. The van der Waals surface area contributed by atoms with Crippen molar-refractivity contribution in [2.24, 2.45) is 5.73 Å². The van der Waals surface area contributed by atoms with Crippen LogP contribution in [0.1, 0.15) is 19.4 Å². The summed E-state index contributed by atoms with van der Waals surface area (Å²) >= 11 is 0. The van der Waals surface area contributed by atoms with Gasteiger partial charge in [0.2, 0.25) is 0 Å². The van der Waals surface area contributed by atoms with Crippen molar-refractivity contribution in [3.05, 3.63) is 35.4 Å². The summed E-state index contributed by atoms with van der Waals surface area (Å²) in [5, 5.41) is 2.92. The maximum absolute atomic E-state index is 13.5. The lowest BCUT2D eigenvalue weighted by Gasteiger charge is -2.25. The van der Waals surface area contributed by atoms with Crippen molar-refractivity contribution < 1.29 is 8.78 Å². The number of hydrogen-bond acceptors (Lipinski definition) is 2. The minimum atomic E-state index is -0.481. The minimum absolute atomic E-state index is 0.320. The SMILES string of the molecule is CC(C)(CNCN)c1cc(F)ccc1F. The van der Waals surface area contributed by atoms with Crippen LogP contribution in [0.5, 0.6) is 0 Å². The Bertz CT molecular complexity index is 337. The van der Waals surface area contributed by atoms with Crippen molar-refractivity contribution in [2.75, 3.05) is 13.2 Å². The zero-order valence-corrected chi connectivity index (χ0v) is 8.98. The van der Waals surface area contributed by atoms with Crippen LogP contribution in [0.15, 0.2) is 18.2 Å². The van der Waals surface area contributed by atoms with Gasteiger partial charge < -0.3 is 11.1 Å². The average Bonchev–Trinajstić information content (AvgIpc) is 2.18. The summed E-state index contributed by atoms with van der Waals surface area (Å²) in [6.45, 7) is 4.51. The van der Waals surface area contributed by atoms with Gasteiger partial charge in [-0.1, -0.05) is 13.8 Å². The summed E-state index contributed by atoms with van der Waals surface area (Å²) in [5.74, 6) is -0.813. The highest BCUT2D eigenvalue weighted by Gasteiger charge is 2.24. The molecule has 1 aromatic rings. The molecule has 2 nitrogen and oxygen atoms in total. The van der Waals surface area contributed by atoms with E-state index >= 15 is 0 Å². The Morgan fingerprint density at radius 3 is 2.60 bits per heavy atom. The van der Waals surface area contributed by atoms with Crippen molar-refractivity contribution in [1.29, 1.82) is 0 Å². The molecule has 3 N–H and O–H groups in total. The third kappa shape index (κ3) is 2.97. The van der Waals surface area contributed by atoms with E-state index in [0.29, 0.717) is 18.8 Å². The van der Waals surface area contributed by atoms with E-state index in [1.165, 1.54) is 6.07 Å². The molecule has 0 aliphatic rings. The molecule has 0 saturated heterocycles. The standard InChI is InChI=1S/C11H16F2N2/c1-11(2,6-15-7-14)9-5-8(12)3-4-10(9)13/h3-5,15H,6-7,14H2,1-2H3. The van der Waals surface area contributed by atoms with E-state index in [0.717, 1.165) is 12.1 Å². The summed E-state index contributed by atoms with van der Waals surface area (Å²) in [6.07, 6.45) is 0. The van der Waals surface area contributed by atoms with Crippen LogP contribution >= 0.6 is 0 Å². The van der Waals surface area contributed by atoms with Crippen molar-refractivity contribution >= 4 is 0 Å². The first-order valence-electron chi connectivity index (χ1n) is 4.83. The van der Waals surface area contributed by atoms with E-state index in [1.54, 1.807) is 0 Å². The molecule has 0 amide bonds. The molecular weight excluding hydrogens is 198 g/mol. The van der Waals surface area contributed by atoms with Crippen LogP contribution in [0, 0.1) is 11.6 Å². The van der Waals surface area contributed by atoms with Gasteiger partial charge in [0.25, 0.3) is 0 Å². The van der Waals surface area contributed by atoms with Gasteiger partial charge in [0.15, 0.2) is 0 Å². The molecular formula is C11H16F2N2. The molecule has 15 heavy (non-hydrogen) atoms. The number of benzene rings is 1. The molecule has 1 rings (SSSR count). The molecule has 1 aromatic carbocycles. The maximum Gasteiger partial charge on any atom is 0.127 e. The maximum atomic E-state index is 13.5. The molecule has 0 bridgehead atoms. The van der Waals surface area contributed by atoms with Crippen molar-refractivity contribution in [1.82, 2.24) is 5.32 Å². The summed E-state index contributed by atoms with van der Waals surface area (Å²) in [4.78, 5) is 0. The Hall–Kier alpha value is -1.00. The van der Waals surface area contributed by atoms with Crippen LogP contribution in [0.3, 0.4) is 0 Å². The van der Waals surface area contributed by atoms with Crippen LogP contribution in [0.2, 0.25) is 0 Å². The summed E-state index contributed by atoms with van der Waals surface area (Å²) in [6, 6.07) is 3.49. The van der Waals surface area contributed by atoms with Gasteiger partial charge in [0, 0.05) is 18.6 Å². The fourth-order valence-electron chi connectivity index (χ4n) is 1.50. The molecule has 0 spiro atoms. The Morgan fingerprint density at radius 1 is 1.33 bits per heavy atom. The molecule has 4 heteroatoms. The monoisotopic (exact) mass is 214 g/mol. The van der Waals surface area contributed by atoms with Crippen molar-refractivity contribution in [2.45, 2.75) is 19.3 Å². The second-order valence-electron chi connectivity index (χ2n) is 4.14. The van der Waals surface area contributed by atoms with Crippen LogP contribution in [0.25, 0.3) is 0 Å². The van der Waals surface area contributed by atoms with Crippen LogP contribution < -0.4 is 11.1 Å². The van der Waals surface area contributed by atoms with E-state index in [1.807, 2.05) is 13.8 Å². The first-order valence-corrected chi connectivity index (χ1v) is 4.83. The lowest BCUT2D eigenvalue weighted by atomic mass is 9.84. The van der Waals surface area contributed by atoms with Crippen molar-refractivity contribution in [3.63, 3.8) is 0 Å². The van der Waals surface area contributed by atoms with Crippen LogP contribution in [-0.2, 0) is 5.41 Å². The normalized spacial score (nSPS) is 11.8. The van der Waals surface area contributed by atoms with Gasteiger partial charge in [0.1, 0.15) is 11.6 Å². The Kier molecular flexibility index (Phi) is 3.77. The van der Waals surface area contributed by atoms with Gasteiger partial charge in [-0.25, -0.2) is 8.78 Å². The lowest BCUT2D eigenvalue weighted by Crippen LogP contribution is -2.36. The molecule has 0 heterocycles. The van der Waals surface area contributed by atoms with E-state index in [9.17, 15) is 8.78 Å². The first-order chi connectivity index (χ1) is 6.97. The topological polar surface area (TPSA) is 38.0 Å². The Labute approximate surface area is 88.5 Å². The molecule has 0 fully saturated rings. The highest BCUT2D eigenvalue weighted by molar-refractivity contribution is 5.26. The van der Waals surface area contributed by atoms with Gasteiger partial charge in [-0.2, -0.15) is 0 Å². The van der Waals surface area contributed by atoms with E-state index in [-0.39, 0.29) is 5.82 Å². The quantitative estimate of drug-likeness (QED) is 0.749. The smallest absolute Gasteiger partial charge is 0.127 e. The minimum Gasteiger partial charge on any atom is -0.318 e. The lowest BCUT2D eigenvalue weighted by molar-refractivity contribution is 0.444. The third-order valence-electron chi connectivity index (χ3n) is 2.37. The zero-order valence-electron chi connectivity index (χ0n) is 8.98. The molecule has 0 aliphatic heterocycles. The molecule has 0 saturated carbocycles. The Morgan fingerprint density at radius 2 is 2.00 bits per heavy atom. The first kappa shape index (κ1) is 12.1. The van der Waals surface area contributed by atoms with Crippen LogP contribution in [-0.4, -0.2) is 13.2 Å². The second-order valence-corrected chi connectivity index (χ2v) is 4.14. The number of nitrogens with two attached hydrogens (primary N) is 1. The fraction of sp³-hybridized carbons (Fsp3) is 0.455. The van der Waals surface area contributed by atoms with E-state index in [4.69, 9.17) is 5.73 Å². The van der Waals surface area contributed by atoms with Crippen molar-refractivity contribution in [3.8, 4) is 0 Å². The Balaban J connectivity index is 2.97. The summed E-state index contributed by atoms with van der Waals surface area (Å²) < 4.78 is 26.5. The second kappa shape index (κ2) is 4.68. The van der Waals surface area contributed by atoms with Gasteiger partial charge in [-0.3, -0.25) is 0 Å². The predicted octanol–water partition coefficient (Wildman–Crippen LogP) is 1.75. The number of halogens is 2. The fourth-order valence-corrected chi connectivity index (χ4v) is 1.50. The zero-order chi connectivity index (χ0) is 11.5. The van der Waals surface area contributed by atoms with Gasteiger partial charge in [-0.05, 0) is 23.8 Å². The summed E-state index contributed by atoms with van der Waals surface area (Å²) in [7, 11) is 0. The molecule has 0 radical (unpaired) electrons. The van der Waals surface area contributed by atoms with Gasteiger partial charge >= 0.3 is 0 Å². The number of nitrogens with one attached hydrogen (secondary N) is 1. The highest BCUT2D eigenvalue weighted by atomic mass is 19.1. The van der Waals surface area contributed by atoms with Gasteiger partial charge in [0.05, 0.1) is 0 Å². The molecule has 84 valence electrons.